The predicted octanol–water partition coefficient (Wildman–Crippen LogP) is 3.50. The van der Waals surface area contributed by atoms with Crippen molar-refractivity contribution >= 4 is 29.1 Å². The molecule has 2 heterocycles. The van der Waals surface area contributed by atoms with Crippen molar-refractivity contribution in [2.24, 2.45) is 5.92 Å². The highest BCUT2D eigenvalue weighted by Crippen LogP contribution is 2.29. The van der Waals surface area contributed by atoms with E-state index in [0.29, 0.717) is 48.7 Å². The first-order valence-electron chi connectivity index (χ1n) is 8.97. The molecule has 1 aromatic carbocycles. The molecular formula is C19H23ClN4O2. The SMILES string of the molecule is CCCC(=O)N1CCC(C(=O)Nc2cccc(Cl)c2-n2cccn2)CC1. The molecule has 0 unspecified atom stereocenters. The largest absolute Gasteiger partial charge is 0.343 e. The number of benzene rings is 1. The highest BCUT2D eigenvalue weighted by atomic mass is 35.5. The molecule has 1 N–H and O–H groups in total. The van der Waals surface area contributed by atoms with Gasteiger partial charge in [-0.25, -0.2) is 4.68 Å². The Bertz CT molecular complexity index is 768. The number of para-hydroxylation sites is 1. The van der Waals surface area contributed by atoms with Crippen LogP contribution in [0, 0.1) is 5.92 Å². The van der Waals surface area contributed by atoms with E-state index in [2.05, 4.69) is 10.4 Å². The second kappa shape index (κ2) is 8.36. The Morgan fingerprint density at radius 2 is 2.04 bits per heavy atom. The van der Waals surface area contributed by atoms with Crippen LogP contribution in [0.15, 0.2) is 36.7 Å². The molecule has 0 bridgehead atoms. The van der Waals surface area contributed by atoms with Gasteiger partial charge in [0.2, 0.25) is 11.8 Å². The number of rotatable bonds is 5. The van der Waals surface area contributed by atoms with Crippen LogP contribution in [-0.4, -0.2) is 39.6 Å². The van der Waals surface area contributed by atoms with Crippen LogP contribution in [0.5, 0.6) is 0 Å². The average Bonchev–Trinajstić information content (AvgIpc) is 3.16. The molecule has 1 fully saturated rings. The highest BCUT2D eigenvalue weighted by molar-refractivity contribution is 6.33. The zero-order chi connectivity index (χ0) is 18.5. The Hall–Kier alpha value is -2.34. The van der Waals surface area contributed by atoms with E-state index in [4.69, 9.17) is 11.6 Å². The van der Waals surface area contributed by atoms with E-state index in [0.717, 1.165) is 6.42 Å². The van der Waals surface area contributed by atoms with Crippen LogP contribution in [0.25, 0.3) is 5.69 Å². The van der Waals surface area contributed by atoms with Crippen molar-refractivity contribution < 1.29 is 9.59 Å². The molecule has 0 aliphatic carbocycles. The van der Waals surface area contributed by atoms with Gasteiger partial charge in [-0.1, -0.05) is 24.6 Å². The summed E-state index contributed by atoms with van der Waals surface area (Å²) in [7, 11) is 0. The van der Waals surface area contributed by atoms with Gasteiger partial charge >= 0.3 is 0 Å². The van der Waals surface area contributed by atoms with E-state index < -0.39 is 0 Å². The number of nitrogens with zero attached hydrogens (tertiary/aromatic N) is 3. The van der Waals surface area contributed by atoms with Gasteiger partial charge in [-0.15, -0.1) is 0 Å². The van der Waals surface area contributed by atoms with Crippen LogP contribution in [0.1, 0.15) is 32.6 Å². The quantitative estimate of drug-likeness (QED) is 0.870. The second-order valence-corrected chi connectivity index (χ2v) is 6.89. The number of piperidine rings is 1. The minimum absolute atomic E-state index is 0.0386. The summed E-state index contributed by atoms with van der Waals surface area (Å²) in [6.45, 7) is 3.28. The minimum atomic E-state index is -0.106. The van der Waals surface area contributed by atoms with E-state index in [1.54, 1.807) is 35.3 Å². The number of carbonyl (C=O) groups excluding carboxylic acids is 2. The highest BCUT2D eigenvalue weighted by Gasteiger charge is 2.27. The number of nitrogens with one attached hydrogen (secondary N) is 1. The van der Waals surface area contributed by atoms with Crippen LogP contribution >= 0.6 is 11.6 Å². The van der Waals surface area contributed by atoms with E-state index in [9.17, 15) is 9.59 Å². The van der Waals surface area contributed by atoms with Gasteiger partial charge in [-0.3, -0.25) is 9.59 Å². The standard InChI is InChI=1S/C19H23ClN4O2/c1-2-5-17(25)23-12-8-14(9-13-23)19(26)22-16-7-3-6-15(20)18(16)24-11-4-10-21-24/h3-4,6-7,10-11,14H,2,5,8-9,12-13H2,1H3,(H,22,26). The van der Waals surface area contributed by atoms with Crippen molar-refractivity contribution in [3.05, 3.63) is 41.7 Å². The van der Waals surface area contributed by atoms with Crippen molar-refractivity contribution in [1.29, 1.82) is 0 Å². The molecule has 0 atom stereocenters. The Morgan fingerprint density at radius 1 is 1.27 bits per heavy atom. The Kier molecular flexibility index (Phi) is 5.93. The number of hydrogen-bond acceptors (Lipinski definition) is 3. The lowest BCUT2D eigenvalue weighted by molar-refractivity contribution is -0.134. The monoisotopic (exact) mass is 374 g/mol. The summed E-state index contributed by atoms with van der Waals surface area (Å²) >= 11 is 6.32. The van der Waals surface area contributed by atoms with Gasteiger partial charge in [0.1, 0.15) is 5.69 Å². The molecule has 1 saturated heterocycles. The molecule has 1 aliphatic heterocycles. The lowest BCUT2D eigenvalue weighted by Gasteiger charge is -2.31. The summed E-state index contributed by atoms with van der Waals surface area (Å²) in [6.07, 6.45) is 6.24. The fourth-order valence-electron chi connectivity index (χ4n) is 3.25. The second-order valence-electron chi connectivity index (χ2n) is 6.48. The molecule has 6 nitrogen and oxygen atoms in total. The molecule has 138 valence electrons. The number of amides is 2. The predicted molar refractivity (Wildman–Crippen MR) is 101 cm³/mol. The zero-order valence-corrected chi connectivity index (χ0v) is 15.6. The van der Waals surface area contributed by atoms with Gasteiger partial charge in [0.05, 0.1) is 10.7 Å². The molecule has 0 radical (unpaired) electrons. The third-order valence-electron chi connectivity index (χ3n) is 4.66. The number of carbonyl (C=O) groups is 2. The number of anilines is 1. The normalized spacial score (nSPS) is 15.1. The van der Waals surface area contributed by atoms with Gasteiger partial charge in [-0.05, 0) is 37.5 Å². The summed E-state index contributed by atoms with van der Waals surface area (Å²) < 4.78 is 1.64. The van der Waals surface area contributed by atoms with Crippen LogP contribution in [0.3, 0.4) is 0 Å². The van der Waals surface area contributed by atoms with E-state index >= 15 is 0 Å². The molecule has 3 rings (SSSR count). The summed E-state index contributed by atoms with van der Waals surface area (Å²) in [4.78, 5) is 26.6. The van der Waals surface area contributed by atoms with E-state index in [1.807, 2.05) is 17.9 Å². The number of halogens is 1. The first kappa shape index (κ1) is 18.5. The molecular weight excluding hydrogens is 352 g/mol. The van der Waals surface area contributed by atoms with Gasteiger partial charge < -0.3 is 10.2 Å². The molecule has 26 heavy (non-hydrogen) atoms. The van der Waals surface area contributed by atoms with Gasteiger partial charge in [0.15, 0.2) is 0 Å². The smallest absolute Gasteiger partial charge is 0.227 e. The first-order chi connectivity index (χ1) is 12.6. The Balaban J connectivity index is 1.67. The fraction of sp³-hybridized carbons (Fsp3) is 0.421. The number of aromatic nitrogens is 2. The van der Waals surface area contributed by atoms with Gasteiger partial charge in [0, 0.05) is 37.8 Å². The van der Waals surface area contributed by atoms with Crippen molar-refractivity contribution in [3.63, 3.8) is 0 Å². The van der Waals surface area contributed by atoms with E-state index in [-0.39, 0.29) is 17.7 Å². The lowest BCUT2D eigenvalue weighted by Crippen LogP contribution is -2.41. The minimum Gasteiger partial charge on any atom is -0.343 e. The third-order valence-corrected chi connectivity index (χ3v) is 4.97. The van der Waals surface area contributed by atoms with Crippen molar-refractivity contribution in [3.8, 4) is 5.69 Å². The lowest BCUT2D eigenvalue weighted by atomic mass is 9.95. The average molecular weight is 375 g/mol. The topological polar surface area (TPSA) is 67.2 Å². The Morgan fingerprint density at radius 3 is 2.69 bits per heavy atom. The molecule has 2 amide bonds. The first-order valence-corrected chi connectivity index (χ1v) is 9.35. The van der Waals surface area contributed by atoms with Crippen LogP contribution < -0.4 is 5.32 Å². The maximum atomic E-state index is 12.7. The zero-order valence-electron chi connectivity index (χ0n) is 14.8. The summed E-state index contributed by atoms with van der Waals surface area (Å²) in [5.74, 6) is 0.0376. The van der Waals surface area contributed by atoms with Crippen molar-refractivity contribution in [2.45, 2.75) is 32.6 Å². The van der Waals surface area contributed by atoms with Gasteiger partial charge in [0.25, 0.3) is 0 Å². The van der Waals surface area contributed by atoms with Gasteiger partial charge in [-0.2, -0.15) is 5.10 Å². The molecule has 7 heteroatoms. The molecule has 1 aliphatic rings. The summed E-state index contributed by atoms with van der Waals surface area (Å²) in [6, 6.07) is 7.20. The molecule has 0 spiro atoms. The summed E-state index contributed by atoms with van der Waals surface area (Å²) in [5.41, 5.74) is 1.29. The molecule has 2 aromatic rings. The summed E-state index contributed by atoms with van der Waals surface area (Å²) in [5, 5.41) is 7.72. The van der Waals surface area contributed by atoms with Crippen LogP contribution in [0.4, 0.5) is 5.69 Å². The molecule has 0 saturated carbocycles. The number of likely N-dealkylation sites (tertiary alicyclic amines) is 1. The maximum Gasteiger partial charge on any atom is 0.227 e. The van der Waals surface area contributed by atoms with Crippen molar-refractivity contribution in [2.75, 3.05) is 18.4 Å². The fourth-order valence-corrected chi connectivity index (χ4v) is 3.51. The number of hydrogen-bond donors (Lipinski definition) is 1. The van der Waals surface area contributed by atoms with Crippen LogP contribution in [0.2, 0.25) is 5.02 Å². The Labute approximate surface area is 158 Å². The molecule has 1 aromatic heterocycles. The maximum absolute atomic E-state index is 12.7. The van der Waals surface area contributed by atoms with E-state index in [1.165, 1.54) is 0 Å². The van der Waals surface area contributed by atoms with Crippen LogP contribution in [-0.2, 0) is 9.59 Å². The van der Waals surface area contributed by atoms with Crippen molar-refractivity contribution in [1.82, 2.24) is 14.7 Å². The third kappa shape index (κ3) is 4.07.